The molecular weight excluding hydrogens is 262 g/mol. The van der Waals surface area contributed by atoms with Gasteiger partial charge in [-0.05, 0) is 48.2 Å². The van der Waals surface area contributed by atoms with Crippen molar-refractivity contribution >= 4 is 17.3 Å². The lowest BCUT2D eigenvalue weighted by molar-refractivity contribution is 0.210. The van der Waals surface area contributed by atoms with E-state index in [-0.39, 0.29) is 6.04 Å². The molecule has 1 aliphatic carbocycles. The van der Waals surface area contributed by atoms with E-state index >= 15 is 0 Å². The number of nitrogens with zero attached hydrogens (tertiary/aromatic N) is 4. The smallest absolute Gasteiger partial charge is 0.184 e. The van der Waals surface area contributed by atoms with E-state index in [9.17, 15) is 0 Å². The van der Waals surface area contributed by atoms with Crippen LogP contribution in [0.3, 0.4) is 0 Å². The topological polar surface area (TPSA) is 69.6 Å². The summed E-state index contributed by atoms with van der Waals surface area (Å²) in [4.78, 5) is 0. The van der Waals surface area contributed by atoms with Crippen molar-refractivity contribution in [2.45, 2.75) is 32.2 Å². The van der Waals surface area contributed by atoms with Crippen LogP contribution in [0.25, 0.3) is 11.4 Å². The first-order valence-corrected chi connectivity index (χ1v) is 6.88. The minimum absolute atomic E-state index is 0.289. The molecule has 0 spiro atoms. The van der Waals surface area contributed by atoms with Gasteiger partial charge < -0.3 is 5.73 Å². The van der Waals surface area contributed by atoms with Gasteiger partial charge in [0.2, 0.25) is 0 Å². The summed E-state index contributed by atoms with van der Waals surface area (Å²) in [6.45, 7) is 2.16. The number of hydrogen-bond donors (Lipinski definition) is 1. The molecule has 3 rings (SSSR count). The van der Waals surface area contributed by atoms with Gasteiger partial charge in [-0.15, -0.1) is 5.10 Å². The molecule has 19 heavy (non-hydrogen) atoms. The van der Waals surface area contributed by atoms with Crippen LogP contribution in [-0.2, 0) is 0 Å². The summed E-state index contributed by atoms with van der Waals surface area (Å²) in [5, 5.41) is 12.6. The van der Waals surface area contributed by atoms with Crippen molar-refractivity contribution in [1.29, 1.82) is 0 Å². The van der Waals surface area contributed by atoms with Crippen molar-refractivity contribution in [3.63, 3.8) is 0 Å². The molecule has 1 aromatic heterocycles. The van der Waals surface area contributed by atoms with Crippen molar-refractivity contribution in [3.8, 4) is 11.4 Å². The van der Waals surface area contributed by atoms with Crippen molar-refractivity contribution in [2.75, 3.05) is 5.73 Å². The molecule has 0 bridgehead atoms. The van der Waals surface area contributed by atoms with E-state index in [2.05, 4.69) is 22.4 Å². The fraction of sp³-hybridized carbons (Fsp3) is 0.462. The van der Waals surface area contributed by atoms with Crippen LogP contribution in [0.4, 0.5) is 5.69 Å². The van der Waals surface area contributed by atoms with Crippen LogP contribution in [0.2, 0.25) is 5.02 Å². The number of rotatable bonds is 3. The Labute approximate surface area is 116 Å². The second kappa shape index (κ2) is 4.81. The molecule has 1 aliphatic rings. The zero-order chi connectivity index (χ0) is 13.4. The van der Waals surface area contributed by atoms with Crippen LogP contribution in [0.15, 0.2) is 18.2 Å². The molecule has 1 saturated carbocycles. The number of halogens is 1. The lowest BCUT2D eigenvalue weighted by atomic mass is 9.80. The van der Waals surface area contributed by atoms with Gasteiger partial charge in [-0.1, -0.05) is 24.1 Å². The summed E-state index contributed by atoms with van der Waals surface area (Å²) in [7, 11) is 0. The van der Waals surface area contributed by atoms with Gasteiger partial charge in [0, 0.05) is 5.56 Å². The third-order valence-electron chi connectivity index (χ3n) is 4.00. The summed E-state index contributed by atoms with van der Waals surface area (Å²) in [6.07, 6.45) is 3.78. The average molecular weight is 278 g/mol. The summed E-state index contributed by atoms with van der Waals surface area (Å²) < 4.78 is 1.87. The molecule has 1 unspecified atom stereocenters. The largest absolute Gasteiger partial charge is 0.397 e. The third-order valence-corrected chi connectivity index (χ3v) is 4.33. The van der Waals surface area contributed by atoms with Gasteiger partial charge in [-0.2, -0.15) is 0 Å². The maximum atomic E-state index is 6.06. The van der Waals surface area contributed by atoms with Crippen molar-refractivity contribution in [2.24, 2.45) is 5.92 Å². The Kier molecular flexibility index (Phi) is 3.14. The van der Waals surface area contributed by atoms with Gasteiger partial charge in [0.05, 0.1) is 16.8 Å². The standard InChI is InChI=1S/C13H16ClN5/c1-8(9-4-2-5-9)19-13(16-17-18-19)10-6-3-7-11(14)12(10)15/h3,6-9H,2,4-5,15H2,1H3. The van der Waals surface area contributed by atoms with Crippen LogP contribution < -0.4 is 5.73 Å². The fourth-order valence-electron chi connectivity index (χ4n) is 2.50. The highest BCUT2D eigenvalue weighted by atomic mass is 35.5. The summed E-state index contributed by atoms with van der Waals surface area (Å²) in [5.41, 5.74) is 7.35. The van der Waals surface area contributed by atoms with Gasteiger partial charge in [-0.25, -0.2) is 4.68 Å². The SMILES string of the molecule is CC(C1CCC1)n1nnnc1-c1cccc(Cl)c1N. The van der Waals surface area contributed by atoms with E-state index in [0.717, 1.165) is 5.56 Å². The van der Waals surface area contributed by atoms with Gasteiger partial charge >= 0.3 is 0 Å². The van der Waals surface area contributed by atoms with Crippen LogP contribution in [0.5, 0.6) is 0 Å². The number of aromatic nitrogens is 4. The van der Waals surface area contributed by atoms with Gasteiger partial charge in [0.1, 0.15) is 0 Å². The Balaban J connectivity index is 2.01. The zero-order valence-electron chi connectivity index (χ0n) is 10.8. The second-order valence-corrected chi connectivity index (χ2v) is 5.49. The molecule has 1 heterocycles. The lowest BCUT2D eigenvalue weighted by Gasteiger charge is -2.31. The zero-order valence-corrected chi connectivity index (χ0v) is 11.5. The van der Waals surface area contributed by atoms with Crippen molar-refractivity contribution in [3.05, 3.63) is 23.2 Å². The third kappa shape index (κ3) is 2.08. The predicted molar refractivity (Wildman–Crippen MR) is 74.7 cm³/mol. The molecule has 0 aliphatic heterocycles. The first kappa shape index (κ1) is 12.4. The molecule has 5 nitrogen and oxygen atoms in total. The molecular formula is C13H16ClN5. The number of tetrazole rings is 1. The molecule has 100 valence electrons. The van der Waals surface area contributed by atoms with Crippen LogP contribution in [0, 0.1) is 5.92 Å². The monoisotopic (exact) mass is 277 g/mol. The number of anilines is 1. The first-order chi connectivity index (χ1) is 9.18. The fourth-order valence-corrected chi connectivity index (χ4v) is 2.67. The molecule has 1 aromatic carbocycles. The Morgan fingerprint density at radius 1 is 1.42 bits per heavy atom. The number of hydrogen-bond acceptors (Lipinski definition) is 4. The number of nitrogen functional groups attached to an aromatic ring is 1. The number of benzene rings is 1. The van der Waals surface area contributed by atoms with E-state index in [1.54, 1.807) is 6.07 Å². The van der Waals surface area contributed by atoms with E-state index in [0.29, 0.717) is 22.5 Å². The lowest BCUT2D eigenvalue weighted by Crippen LogP contribution is -2.24. The predicted octanol–water partition coefficient (Wildman–Crippen LogP) is 2.94. The molecule has 0 saturated heterocycles. The Morgan fingerprint density at radius 3 is 2.89 bits per heavy atom. The average Bonchev–Trinajstić information content (AvgIpc) is 2.79. The van der Waals surface area contributed by atoms with Crippen LogP contribution >= 0.6 is 11.6 Å². The highest BCUT2D eigenvalue weighted by Crippen LogP contribution is 2.38. The van der Waals surface area contributed by atoms with Crippen LogP contribution in [-0.4, -0.2) is 20.2 Å². The van der Waals surface area contributed by atoms with Crippen LogP contribution in [0.1, 0.15) is 32.2 Å². The van der Waals surface area contributed by atoms with Gasteiger partial charge in [0.25, 0.3) is 0 Å². The van der Waals surface area contributed by atoms with Gasteiger partial charge in [0.15, 0.2) is 5.82 Å². The van der Waals surface area contributed by atoms with Gasteiger partial charge in [-0.3, -0.25) is 0 Å². The van der Waals surface area contributed by atoms with Crippen molar-refractivity contribution in [1.82, 2.24) is 20.2 Å². The molecule has 2 N–H and O–H groups in total. The summed E-state index contributed by atoms with van der Waals surface area (Å²) in [5.74, 6) is 1.35. The minimum atomic E-state index is 0.289. The molecule has 0 radical (unpaired) electrons. The van der Waals surface area contributed by atoms with E-state index in [1.165, 1.54) is 19.3 Å². The Morgan fingerprint density at radius 2 is 2.21 bits per heavy atom. The maximum absolute atomic E-state index is 6.06. The van der Waals surface area contributed by atoms with E-state index in [4.69, 9.17) is 17.3 Å². The normalized spacial score (nSPS) is 17.2. The molecule has 1 fully saturated rings. The number of nitrogens with two attached hydrogens (primary N) is 1. The maximum Gasteiger partial charge on any atom is 0.184 e. The first-order valence-electron chi connectivity index (χ1n) is 6.50. The molecule has 2 aromatic rings. The van der Waals surface area contributed by atoms with Crippen molar-refractivity contribution < 1.29 is 0 Å². The van der Waals surface area contributed by atoms with E-state index < -0.39 is 0 Å². The molecule has 1 atom stereocenters. The Bertz CT molecular complexity index is 590. The summed E-state index contributed by atoms with van der Waals surface area (Å²) >= 11 is 6.06. The number of para-hydroxylation sites is 1. The minimum Gasteiger partial charge on any atom is -0.397 e. The van der Waals surface area contributed by atoms with E-state index in [1.807, 2.05) is 16.8 Å². The Hall–Kier alpha value is -1.62. The molecule has 0 amide bonds. The summed E-state index contributed by atoms with van der Waals surface area (Å²) in [6, 6.07) is 5.82. The molecule has 6 heteroatoms. The quantitative estimate of drug-likeness (QED) is 0.876. The second-order valence-electron chi connectivity index (χ2n) is 5.08. The highest BCUT2D eigenvalue weighted by molar-refractivity contribution is 6.33. The highest BCUT2D eigenvalue weighted by Gasteiger charge is 2.28.